The van der Waals surface area contributed by atoms with Gasteiger partial charge in [-0.1, -0.05) is 0 Å². The molecule has 0 saturated carbocycles. The first-order valence-corrected chi connectivity index (χ1v) is 9.12. The zero-order chi connectivity index (χ0) is 18.1. The first-order chi connectivity index (χ1) is 12.6. The van der Waals surface area contributed by atoms with E-state index in [4.69, 9.17) is 4.74 Å². The van der Waals surface area contributed by atoms with E-state index in [0.29, 0.717) is 26.1 Å². The molecular weight excluding hydrogens is 405 g/mol. The second-order valence-electron chi connectivity index (χ2n) is 6.90. The molecule has 9 nitrogen and oxygen atoms in total. The van der Waals surface area contributed by atoms with E-state index in [1.165, 1.54) is 0 Å². The molecule has 0 aliphatic carbocycles. The maximum atomic E-state index is 12.6. The number of carbonyl (C=O) groups excluding carboxylic acids is 1. The maximum Gasteiger partial charge on any atom is 0.224 e. The van der Waals surface area contributed by atoms with E-state index < -0.39 is 0 Å². The Morgan fingerprint density at radius 2 is 2.00 bits per heavy atom. The number of fused-ring (bicyclic) bond motifs is 1. The molecule has 2 aliphatic heterocycles. The van der Waals surface area contributed by atoms with Gasteiger partial charge in [-0.2, -0.15) is 5.10 Å². The van der Waals surface area contributed by atoms with Crippen molar-refractivity contribution in [1.29, 1.82) is 0 Å². The summed E-state index contributed by atoms with van der Waals surface area (Å²) < 4.78 is 7.21. The molecule has 2 aromatic rings. The van der Waals surface area contributed by atoms with Crippen molar-refractivity contribution in [3.63, 3.8) is 0 Å². The number of ether oxygens (including phenoxy) is 1. The van der Waals surface area contributed by atoms with E-state index in [1.807, 2.05) is 25.1 Å². The van der Waals surface area contributed by atoms with Crippen LogP contribution < -0.4 is 10.2 Å². The molecule has 2 aromatic heterocycles. The summed E-state index contributed by atoms with van der Waals surface area (Å²) in [6.07, 6.45) is 2.32. The maximum absolute atomic E-state index is 12.6. The zero-order valence-electron chi connectivity index (χ0n) is 16.1. The number of halogens is 2. The zero-order valence-corrected chi connectivity index (χ0v) is 17.8. The molecule has 28 heavy (non-hydrogen) atoms. The minimum Gasteiger partial charge on any atom is -0.378 e. The molecule has 2 fully saturated rings. The number of rotatable bonds is 3. The molecule has 0 aromatic carbocycles. The van der Waals surface area contributed by atoms with E-state index in [1.54, 1.807) is 4.68 Å². The van der Waals surface area contributed by atoms with Crippen molar-refractivity contribution < 1.29 is 9.53 Å². The molecule has 0 spiro atoms. The molecule has 2 saturated heterocycles. The Labute approximate surface area is 176 Å². The van der Waals surface area contributed by atoms with Gasteiger partial charge in [-0.15, -0.1) is 24.8 Å². The van der Waals surface area contributed by atoms with Gasteiger partial charge >= 0.3 is 0 Å². The summed E-state index contributed by atoms with van der Waals surface area (Å²) in [6.45, 7) is 7.00. The van der Waals surface area contributed by atoms with Gasteiger partial charge in [0, 0.05) is 52.2 Å². The Morgan fingerprint density at radius 1 is 1.25 bits per heavy atom. The molecule has 1 atom stereocenters. The Hall–Kier alpha value is -1.68. The van der Waals surface area contributed by atoms with Crippen LogP contribution in [-0.4, -0.2) is 82.5 Å². The number of hydrogen-bond donors (Lipinski definition) is 1. The highest BCUT2D eigenvalue weighted by molar-refractivity contribution is 5.87. The minimum atomic E-state index is 0. The number of hydrogen-bond acceptors (Lipinski definition) is 7. The second-order valence-corrected chi connectivity index (χ2v) is 6.90. The quantitative estimate of drug-likeness (QED) is 0.758. The summed E-state index contributed by atoms with van der Waals surface area (Å²) in [4.78, 5) is 25.8. The van der Waals surface area contributed by atoms with Gasteiger partial charge in [0.1, 0.15) is 11.6 Å². The van der Waals surface area contributed by atoms with Crippen LogP contribution in [0.25, 0.3) is 11.0 Å². The number of morpholine rings is 1. The lowest BCUT2D eigenvalue weighted by atomic mass is 10.1. The standard InChI is InChI=1S/C17H25N7O2.2ClH/c1-12-20-16-14(10-19-22(16)2)17(21-12)24-6-4-23(5-7-24)15(25)9-13-11-26-8-3-18-13;;/h10,13,18H,3-9,11H2,1-2H3;2*1H. The van der Waals surface area contributed by atoms with Crippen LogP contribution in [0.3, 0.4) is 0 Å². The van der Waals surface area contributed by atoms with E-state index in [0.717, 1.165) is 48.9 Å². The summed E-state index contributed by atoms with van der Waals surface area (Å²) in [5.74, 6) is 1.84. The Balaban J connectivity index is 0.00000140. The summed E-state index contributed by atoms with van der Waals surface area (Å²) in [5, 5.41) is 8.61. The topological polar surface area (TPSA) is 88.4 Å². The molecule has 11 heteroatoms. The number of piperazine rings is 1. The van der Waals surface area contributed by atoms with Crippen LogP contribution in [0.4, 0.5) is 5.82 Å². The Bertz CT molecular complexity index is 802. The van der Waals surface area contributed by atoms with Crippen LogP contribution in [0.2, 0.25) is 0 Å². The molecule has 4 rings (SSSR count). The number of carbonyl (C=O) groups is 1. The third kappa shape index (κ3) is 4.65. The highest BCUT2D eigenvalue weighted by Crippen LogP contribution is 2.24. The number of anilines is 1. The van der Waals surface area contributed by atoms with Crippen molar-refractivity contribution in [3.8, 4) is 0 Å². The Kier molecular flexibility index (Phi) is 7.82. The van der Waals surface area contributed by atoms with E-state index >= 15 is 0 Å². The fourth-order valence-corrected chi connectivity index (χ4v) is 3.61. The van der Waals surface area contributed by atoms with Gasteiger partial charge in [-0.05, 0) is 6.92 Å². The third-order valence-corrected chi connectivity index (χ3v) is 5.04. The third-order valence-electron chi connectivity index (χ3n) is 5.04. The monoisotopic (exact) mass is 431 g/mol. The van der Waals surface area contributed by atoms with Crippen LogP contribution in [0.5, 0.6) is 0 Å². The summed E-state index contributed by atoms with van der Waals surface area (Å²) in [7, 11) is 1.89. The molecule has 156 valence electrons. The first kappa shape index (κ1) is 22.6. The summed E-state index contributed by atoms with van der Waals surface area (Å²) in [5.41, 5.74) is 0.842. The van der Waals surface area contributed by atoms with Crippen LogP contribution in [0.1, 0.15) is 12.2 Å². The van der Waals surface area contributed by atoms with Crippen molar-refractivity contribution in [2.75, 3.05) is 50.8 Å². The number of aromatic nitrogens is 4. The average Bonchev–Trinajstić information content (AvgIpc) is 3.03. The highest BCUT2D eigenvalue weighted by Gasteiger charge is 2.26. The molecule has 0 bridgehead atoms. The fraction of sp³-hybridized carbons (Fsp3) is 0.647. The van der Waals surface area contributed by atoms with E-state index in [2.05, 4.69) is 25.3 Å². The van der Waals surface area contributed by atoms with Crippen molar-refractivity contribution in [2.24, 2.45) is 7.05 Å². The SMILES string of the molecule is Cc1nc(N2CCN(C(=O)CC3COCCN3)CC2)c2cnn(C)c2n1.Cl.Cl. The summed E-state index contributed by atoms with van der Waals surface area (Å²) in [6, 6.07) is 0.133. The van der Waals surface area contributed by atoms with Crippen molar-refractivity contribution in [3.05, 3.63) is 12.0 Å². The van der Waals surface area contributed by atoms with Crippen molar-refractivity contribution >= 4 is 47.6 Å². The van der Waals surface area contributed by atoms with Gasteiger partial charge in [-0.3, -0.25) is 9.48 Å². The average molecular weight is 432 g/mol. The first-order valence-electron chi connectivity index (χ1n) is 9.12. The van der Waals surface area contributed by atoms with E-state index in [9.17, 15) is 4.79 Å². The molecule has 2 aliphatic rings. The molecule has 1 N–H and O–H groups in total. The molecule has 1 unspecified atom stereocenters. The van der Waals surface area contributed by atoms with Crippen molar-refractivity contribution in [1.82, 2.24) is 30.0 Å². The molecule has 0 radical (unpaired) electrons. The lowest BCUT2D eigenvalue weighted by molar-refractivity contribution is -0.132. The minimum absolute atomic E-state index is 0. The Morgan fingerprint density at radius 3 is 2.68 bits per heavy atom. The van der Waals surface area contributed by atoms with Crippen LogP contribution >= 0.6 is 24.8 Å². The normalized spacial score (nSPS) is 19.9. The lowest BCUT2D eigenvalue weighted by Gasteiger charge is -2.36. The van der Waals surface area contributed by atoms with Crippen molar-refractivity contribution in [2.45, 2.75) is 19.4 Å². The van der Waals surface area contributed by atoms with Gasteiger partial charge < -0.3 is 19.9 Å². The van der Waals surface area contributed by atoms with Gasteiger partial charge in [-0.25, -0.2) is 9.97 Å². The molecular formula is C17H27Cl2N7O2. The fourth-order valence-electron chi connectivity index (χ4n) is 3.61. The summed E-state index contributed by atoms with van der Waals surface area (Å²) >= 11 is 0. The lowest BCUT2D eigenvalue weighted by Crippen LogP contribution is -2.51. The second kappa shape index (κ2) is 9.69. The highest BCUT2D eigenvalue weighted by atomic mass is 35.5. The van der Waals surface area contributed by atoms with E-state index in [-0.39, 0.29) is 36.8 Å². The van der Waals surface area contributed by atoms with Crippen LogP contribution in [-0.2, 0) is 16.6 Å². The smallest absolute Gasteiger partial charge is 0.224 e. The number of amides is 1. The predicted octanol–water partition coefficient (Wildman–Crippen LogP) is 0.542. The molecule has 4 heterocycles. The van der Waals surface area contributed by atoms with Crippen LogP contribution in [0, 0.1) is 6.92 Å². The number of nitrogens with one attached hydrogen (secondary N) is 1. The van der Waals surface area contributed by atoms with Gasteiger partial charge in [0.15, 0.2) is 5.65 Å². The largest absolute Gasteiger partial charge is 0.378 e. The molecule has 1 amide bonds. The predicted molar refractivity (Wildman–Crippen MR) is 112 cm³/mol. The van der Waals surface area contributed by atoms with Gasteiger partial charge in [0.2, 0.25) is 5.91 Å². The number of nitrogens with zero attached hydrogens (tertiary/aromatic N) is 6. The van der Waals surface area contributed by atoms with Gasteiger partial charge in [0.25, 0.3) is 0 Å². The number of aryl methyl sites for hydroxylation is 2. The van der Waals surface area contributed by atoms with Gasteiger partial charge in [0.05, 0.1) is 24.8 Å². The van der Waals surface area contributed by atoms with Crippen LogP contribution in [0.15, 0.2) is 6.20 Å².